The van der Waals surface area contributed by atoms with Gasteiger partial charge in [-0.3, -0.25) is 62.5 Å². The second kappa shape index (κ2) is 37.0. The number of carbonyl (C=O) groups excluding carboxylic acids is 10. The Hall–Kier alpha value is -12.4. The van der Waals surface area contributed by atoms with Crippen LogP contribution in [0, 0.1) is 23.3 Å². The van der Waals surface area contributed by atoms with Crippen molar-refractivity contribution in [3.63, 3.8) is 0 Å². The van der Waals surface area contributed by atoms with Crippen LogP contribution in [0.4, 0.5) is 34.6 Å². The fourth-order valence-corrected chi connectivity index (χ4v) is 10.9. The number of aliphatic imine (C=N–C) groups is 1. The van der Waals surface area contributed by atoms with Gasteiger partial charge in [0.05, 0.1) is 31.0 Å². The monoisotopic (exact) mass is 1470 g/mol. The first-order chi connectivity index (χ1) is 49.6. The minimum absolute atomic E-state index is 0.00626. The van der Waals surface area contributed by atoms with Crippen molar-refractivity contribution < 1.29 is 105 Å². The lowest BCUT2D eigenvalue weighted by atomic mass is 9.77. The second-order valence-corrected chi connectivity index (χ2v) is 24.4. The molecule has 36 nitrogen and oxygen atoms in total. The Morgan fingerprint density at radius 3 is 1.58 bits per heavy atom. The first-order valence-corrected chi connectivity index (χ1v) is 32.3. The highest BCUT2D eigenvalue weighted by atomic mass is 19.2. The molecule has 0 aromatic heterocycles. The molecule has 0 radical (unpaired) electrons. The topological polar surface area (TPSA) is 555 Å². The number of rotatable bonds is 38. The van der Waals surface area contributed by atoms with Gasteiger partial charge in [-0.25, -0.2) is 22.4 Å². The van der Waals surface area contributed by atoms with Gasteiger partial charge in [0.1, 0.15) is 59.5 Å². The maximum absolute atomic E-state index is 14.4. The summed E-state index contributed by atoms with van der Waals surface area (Å²) in [5.74, 6) is -23.8. The number of fused-ring (bicyclic) bond motifs is 6. The molecule has 2 aliphatic rings. The molecule has 0 bridgehead atoms. The van der Waals surface area contributed by atoms with Crippen LogP contribution in [-0.2, 0) is 58.3 Å². The number of ether oxygens (including phenoxy) is 2. The molecule has 0 unspecified atom stereocenters. The molecule has 0 aliphatic carbocycles. The van der Waals surface area contributed by atoms with Crippen molar-refractivity contribution in [3.8, 4) is 11.5 Å². The van der Waals surface area contributed by atoms with Gasteiger partial charge >= 0.3 is 23.9 Å². The number of azide groups is 1. The van der Waals surface area contributed by atoms with Gasteiger partial charge in [0.25, 0.3) is 11.8 Å². The van der Waals surface area contributed by atoms with Crippen molar-refractivity contribution >= 4 is 100 Å². The summed E-state index contributed by atoms with van der Waals surface area (Å²) in [5, 5.41) is 51.6. The van der Waals surface area contributed by atoms with Crippen LogP contribution in [0.3, 0.4) is 0 Å². The highest BCUT2D eigenvalue weighted by Crippen LogP contribution is 2.57. The molecule has 2 heterocycles. The number of carboxylic acid groups (broad SMARTS) is 3. The fourth-order valence-electron chi connectivity index (χ4n) is 10.9. The third kappa shape index (κ3) is 21.4. The summed E-state index contributed by atoms with van der Waals surface area (Å²) >= 11 is 0. The van der Waals surface area contributed by atoms with Gasteiger partial charge in [-0.05, 0) is 100 Å². The van der Waals surface area contributed by atoms with Crippen LogP contribution < -0.4 is 79.6 Å². The number of nitrogens with two attached hydrogens (primary N) is 3. The lowest BCUT2D eigenvalue weighted by Gasteiger charge is -2.37. The maximum Gasteiger partial charge on any atom is 0.340 e. The van der Waals surface area contributed by atoms with E-state index in [-0.39, 0.29) is 88.1 Å². The minimum Gasteiger partial charge on any atom is -0.481 e. The van der Waals surface area contributed by atoms with Crippen molar-refractivity contribution in [1.82, 2.24) is 47.9 Å². The number of hydrogen-bond acceptors (Lipinski definition) is 20. The zero-order chi connectivity index (χ0) is 77.7. The normalized spacial score (nSPS) is 13.7. The number of amides is 9. The van der Waals surface area contributed by atoms with Gasteiger partial charge in [0.15, 0.2) is 34.8 Å². The van der Waals surface area contributed by atoms with Crippen LogP contribution in [0.5, 0.6) is 11.5 Å². The van der Waals surface area contributed by atoms with Gasteiger partial charge < -0.3 is 99.6 Å². The van der Waals surface area contributed by atoms with Gasteiger partial charge in [-0.2, -0.15) is 0 Å². The lowest BCUT2D eigenvalue weighted by molar-refractivity contribution is -0.143. The highest BCUT2D eigenvalue weighted by Gasteiger charge is 2.54. The molecule has 2 aliphatic heterocycles. The zero-order valence-electron chi connectivity index (χ0n) is 57.2. The standard InChI is InChI=1S/C65H78F4N18O18/c1-30(79-45(88)28-77-57(97)38(70)11-6-8-21-75-62(102)49-50(66)52(68)54(84-85-73)53(69)51(49)67)55(95)82-41(26-46(89)90)61(101)83-42(27-47(91)92)60(100)81-40(13-10-22-76-64(71)72)59(99)80-39(58(98)78-29-48(93)94)12-7-9-20-74-56(96)31-14-17-35-34(23-31)63(103)105-65(35)36-18-15-32(86(2)3)24-43(36)104-44-25-33(87(4)5)16-19-37(44)65/h14-19,23-25,30,38-42H,6-13,20-22,26-29,70H2,1-5H3,(H,74,96)(H,75,102)(H,77,97)(H,78,98)(H,79,88)(H,80,99)(H,81,100)(H,82,95)(H,83,101)(H,89,90)(H,91,92)(H,93,94)(H4,71,72,76)/t30-,38+,39+,40-,41-,42-/m1/s1. The van der Waals surface area contributed by atoms with Crippen molar-refractivity contribution in [2.24, 2.45) is 27.3 Å². The van der Waals surface area contributed by atoms with Gasteiger partial charge in [-0.1, -0.05) is 11.2 Å². The molecule has 18 N–H and O–H groups in total. The van der Waals surface area contributed by atoms with Crippen molar-refractivity contribution in [3.05, 3.63) is 122 Å². The second-order valence-electron chi connectivity index (χ2n) is 24.4. The number of carbonyl (C=O) groups is 13. The molecule has 564 valence electrons. The van der Waals surface area contributed by atoms with E-state index in [2.05, 4.69) is 52.2 Å². The van der Waals surface area contributed by atoms with E-state index in [4.69, 9.17) is 32.2 Å². The molecule has 0 saturated heterocycles. The summed E-state index contributed by atoms with van der Waals surface area (Å²) in [7, 11) is 7.47. The van der Waals surface area contributed by atoms with Crippen LogP contribution in [0.2, 0.25) is 0 Å². The van der Waals surface area contributed by atoms with E-state index in [1.54, 1.807) is 6.07 Å². The number of nitrogens with one attached hydrogen (secondary N) is 9. The van der Waals surface area contributed by atoms with Gasteiger partial charge in [0.2, 0.25) is 41.4 Å². The molecule has 40 heteroatoms. The SMILES string of the molecule is C[C@@H](NC(=O)CNC(=O)[C@@H](N)CCCCNC(=O)c1c(F)c(F)c(N=[N+]=[N-])c(F)c1F)C(=O)N[C@H](CC(=O)O)C(=O)N[C@H](CC(=O)O)C(=O)N[C@H](CCCN=C(N)N)C(=O)N[C@@H](CCCCNC(=O)c1ccc2c(c1)C(=O)OC21c2ccc(N(C)C)cc2Oc2cc(N(C)C)ccc21)C(=O)NCC(=O)O. The number of nitrogens with zero attached hydrogens (tertiary/aromatic N) is 6. The summed E-state index contributed by atoms with van der Waals surface area (Å²) in [4.78, 5) is 180. The first-order valence-electron chi connectivity index (χ1n) is 32.3. The van der Waals surface area contributed by atoms with E-state index in [1.807, 2.05) is 85.0 Å². The molecule has 105 heavy (non-hydrogen) atoms. The maximum atomic E-state index is 14.4. The number of guanidine groups is 1. The average Bonchev–Trinajstić information content (AvgIpc) is 1.61. The smallest absolute Gasteiger partial charge is 0.340 e. The number of carboxylic acids is 3. The Kier molecular flexibility index (Phi) is 28.8. The molecule has 9 amide bonds. The number of halogens is 4. The minimum atomic E-state index is -2.13. The Morgan fingerprint density at radius 2 is 1.06 bits per heavy atom. The molecule has 0 fully saturated rings. The van der Waals surface area contributed by atoms with Gasteiger partial charge in [-0.15, -0.1) is 0 Å². The van der Waals surface area contributed by atoms with E-state index < -0.39 is 179 Å². The Morgan fingerprint density at radius 1 is 0.571 bits per heavy atom. The zero-order valence-corrected chi connectivity index (χ0v) is 57.2. The number of benzene rings is 4. The molecule has 6 rings (SSSR count). The quantitative estimate of drug-likeness (QED) is 0.00334. The van der Waals surface area contributed by atoms with Gasteiger partial charge in [0, 0.05) is 98.5 Å². The van der Waals surface area contributed by atoms with Crippen molar-refractivity contribution in [2.45, 2.75) is 113 Å². The summed E-state index contributed by atoms with van der Waals surface area (Å²) in [6.07, 6.45) is -2.95. The molecule has 1 spiro atoms. The molecular formula is C65H78F4N18O18. The van der Waals surface area contributed by atoms with Crippen molar-refractivity contribution in [1.29, 1.82) is 0 Å². The van der Waals surface area contributed by atoms with E-state index in [0.717, 1.165) is 18.3 Å². The summed E-state index contributed by atoms with van der Waals surface area (Å²) in [5.41, 5.74) is 23.9. The Labute approximate surface area is 594 Å². The van der Waals surface area contributed by atoms with Crippen LogP contribution in [0.15, 0.2) is 64.7 Å². The predicted molar refractivity (Wildman–Crippen MR) is 362 cm³/mol. The van der Waals surface area contributed by atoms with Crippen LogP contribution >= 0.6 is 0 Å². The number of anilines is 2. The molecule has 4 aromatic carbocycles. The average molecular weight is 1480 g/mol. The predicted octanol–water partition coefficient (Wildman–Crippen LogP) is 0.476. The largest absolute Gasteiger partial charge is 0.481 e. The fraction of sp³-hybridized carbons (Fsp3) is 0.415. The van der Waals surface area contributed by atoms with Crippen LogP contribution in [-0.4, -0.2) is 195 Å². The number of esters is 1. The Bertz CT molecular complexity index is 4050. The number of hydrogen-bond donors (Lipinski definition) is 15. The van der Waals surface area contributed by atoms with E-state index in [0.29, 0.717) is 28.2 Å². The summed E-state index contributed by atoms with van der Waals surface area (Å²) in [6, 6.07) is 5.23. The Balaban J connectivity index is 1.05. The third-order valence-corrected chi connectivity index (χ3v) is 16.3. The third-order valence-electron chi connectivity index (χ3n) is 16.3. The van der Waals surface area contributed by atoms with E-state index >= 15 is 0 Å². The lowest BCUT2D eigenvalue weighted by Crippen LogP contribution is -2.59. The highest BCUT2D eigenvalue weighted by molar-refractivity contribution is 6.03. The van der Waals surface area contributed by atoms with Crippen LogP contribution in [0.1, 0.15) is 119 Å². The van der Waals surface area contributed by atoms with Crippen LogP contribution in [0.25, 0.3) is 10.4 Å². The first kappa shape index (κ1) is 81.6. The molecule has 0 saturated carbocycles. The van der Waals surface area contributed by atoms with Crippen molar-refractivity contribution in [2.75, 3.05) is 70.7 Å². The summed E-state index contributed by atoms with van der Waals surface area (Å²) < 4.78 is 69.8. The molecule has 4 aromatic rings. The van der Waals surface area contributed by atoms with E-state index in [9.17, 15) is 95.2 Å². The molecule has 6 atom stereocenters. The number of unbranched alkanes of at least 4 members (excludes halogenated alkanes) is 2. The molecular weight excluding hydrogens is 1400 g/mol. The summed E-state index contributed by atoms with van der Waals surface area (Å²) in [6.45, 7) is -1.18. The number of aliphatic carboxylic acids is 3. The van der Waals surface area contributed by atoms with E-state index in [1.165, 1.54) is 12.1 Å².